The van der Waals surface area contributed by atoms with Gasteiger partial charge in [-0.05, 0) is 38.1 Å². The van der Waals surface area contributed by atoms with Crippen molar-refractivity contribution in [1.29, 1.82) is 0 Å². The number of nitrogens with zero attached hydrogens (tertiary/aromatic N) is 1. The monoisotopic (exact) mass is 240 g/mol. The summed E-state index contributed by atoms with van der Waals surface area (Å²) in [6.07, 6.45) is 9.21. The van der Waals surface area contributed by atoms with Gasteiger partial charge in [-0.15, -0.1) is 0 Å². The van der Waals surface area contributed by atoms with Crippen LogP contribution in [0.4, 0.5) is 0 Å². The van der Waals surface area contributed by atoms with Crippen LogP contribution in [-0.4, -0.2) is 30.1 Å². The summed E-state index contributed by atoms with van der Waals surface area (Å²) >= 11 is 0. The molecule has 1 heterocycles. The molecular formula is C15H32N2. The third kappa shape index (κ3) is 3.69. The number of nitrogens with two attached hydrogens (primary N) is 1. The molecule has 0 bridgehead atoms. The Balaban J connectivity index is 2.67. The second-order valence-electron chi connectivity index (χ2n) is 5.75. The number of hydrogen-bond acceptors (Lipinski definition) is 2. The number of rotatable bonds is 7. The maximum Gasteiger partial charge on any atom is 0.0329 e. The molecule has 0 aromatic rings. The van der Waals surface area contributed by atoms with Gasteiger partial charge >= 0.3 is 0 Å². The largest absolute Gasteiger partial charge is 0.329 e. The van der Waals surface area contributed by atoms with Crippen molar-refractivity contribution < 1.29 is 0 Å². The predicted octanol–water partition coefficient (Wildman–Crippen LogP) is 3.41. The van der Waals surface area contributed by atoms with Gasteiger partial charge in [0.25, 0.3) is 0 Å². The van der Waals surface area contributed by atoms with Gasteiger partial charge in [0.15, 0.2) is 0 Å². The molecular weight excluding hydrogens is 208 g/mol. The summed E-state index contributed by atoms with van der Waals surface area (Å²) in [4.78, 5) is 2.72. The van der Waals surface area contributed by atoms with Crippen LogP contribution in [0.3, 0.4) is 0 Å². The van der Waals surface area contributed by atoms with Crippen LogP contribution in [-0.2, 0) is 0 Å². The molecule has 1 aliphatic rings. The van der Waals surface area contributed by atoms with E-state index in [0.29, 0.717) is 5.54 Å². The summed E-state index contributed by atoms with van der Waals surface area (Å²) in [5, 5.41) is 0. The Bertz CT molecular complexity index is 199. The summed E-state index contributed by atoms with van der Waals surface area (Å²) in [5.41, 5.74) is 6.43. The van der Waals surface area contributed by atoms with Crippen molar-refractivity contribution in [2.45, 2.75) is 71.3 Å². The molecule has 102 valence electrons. The normalized spacial score (nSPS) is 25.8. The van der Waals surface area contributed by atoms with Crippen molar-refractivity contribution in [3.63, 3.8) is 0 Å². The smallest absolute Gasteiger partial charge is 0.0329 e. The van der Waals surface area contributed by atoms with Gasteiger partial charge in [-0.25, -0.2) is 0 Å². The molecule has 2 heteroatoms. The predicted molar refractivity (Wildman–Crippen MR) is 76.2 cm³/mol. The quantitative estimate of drug-likeness (QED) is 0.739. The molecule has 1 aliphatic heterocycles. The fraction of sp³-hybridized carbons (Fsp3) is 1.00. The van der Waals surface area contributed by atoms with Crippen molar-refractivity contribution >= 4 is 0 Å². The lowest BCUT2D eigenvalue weighted by Gasteiger charge is -2.47. The van der Waals surface area contributed by atoms with Gasteiger partial charge in [-0.2, -0.15) is 0 Å². The maximum atomic E-state index is 6.14. The number of piperidine rings is 1. The van der Waals surface area contributed by atoms with E-state index in [2.05, 4.69) is 25.7 Å². The third-order valence-corrected chi connectivity index (χ3v) is 4.80. The minimum atomic E-state index is 0.295. The SMILES string of the molecule is CCCCC(CC)(CN)N1CCCC(CC)C1. The molecule has 17 heavy (non-hydrogen) atoms. The van der Waals surface area contributed by atoms with Crippen molar-refractivity contribution in [3.8, 4) is 0 Å². The molecule has 1 fully saturated rings. The Hall–Kier alpha value is -0.0800. The van der Waals surface area contributed by atoms with E-state index in [4.69, 9.17) is 5.73 Å². The lowest BCUT2D eigenvalue weighted by atomic mass is 9.84. The Kier molecular flexibility index (Phi) is 6.50. The molecule has 0 aromatic carbocycles. The molecule has 2 unspecified atom stereocenters. The van der Waals surface area contributed by atoms with E-state index in [1.807, 2.05) is 0 Å². The van der Waals surface area contributed by atoms with E-state index in [0.717, 1.165) is 12.5 Å². The molecule has 1 rings (SSSR count). The van der Waals surface area contributed by atoms with E-state index >= 15 is 0 Å². The zero-order valence-corrected chi connectivity index (χ0v) is 12.2. The van der Waals surface area contributed by atoms with E-state index in [1.54, 1.807) is 0 Å². The maximum absolute atomic E-state index is 6.14. The highest BCUT2D eigenvalue weighted by Gasteiger charge is 2.35. The highest BCUT2D eigenvalue weighted by atomic mass is 15.2. The van der Waals surface area contributed by atoms with Crippen molar-refractivity contribution in [3.05, 3.63) is 0 Å². The Morgan fingerprint density at radius 3 is 2.59 bits per heavy atom. The minimum absolute atomic E-state index is 0.295. The molecule has 2 atom stereocenters. The summed E-state index contributed by atoms with van der Waals surface area (Å²) in [6, 6.07) is 0. The zero-order valence-electron chi connectivity index (χ0n) is 12.2. The second kappa shape index (κ2) is 7.38. The summed E-state index contributed by atoms with van der Waals surface area (Å²) < 4.78 is 0. The van der Waals surface area contributed by atoms with Crippen LogP contribution in [0.5, 0.6) is 0 Å². The zero-order chi connectivity index (χ0) is 12.7. The van der Waals surface area contributed by atoms with Crippen LogP contribution in [0.25, 0.3) is 0 Å². The van der Waals surface area contributed by atoms with Crippen molar-refractivity contribution in [1.82, 2.24) is 4.90 Å². The van der Waals surface area contributed by atoms with Crippen LogP contribution in [0, 0.1) is 5.92 Å². The molecule has 0 amide bonds. The van der Waals surface area contributed by atoms with Gasteiger partial charge in [-0.3, -0.25) is 4.90 Å². The van der Waals surface area contributed by atoms with Crippen molar-refractivity contribution in [2.75, 3.05) is 19.6 Å². The lowest BCUT2D eigenvalue weighted by Crippen LogP contribution is -2.56. The van der Waals surface area contributed by atoms with E-state index in [-0.39, 0.29) is 0 Å². The summed E-state index contributed by atoms with van der Waals surface area (Å²) in [6.45, 7) is 10.3. The standard InChI is InChI=1S/C15H32N2/c1-4-7-10-15(6-3,13-16)17-11-8-9-14(5-2)12-17/h14H,4-13,16H2,1-3H3. The molecule has 0 radical (unpaired) electrons. The van der Waals surface area contributed by atoms with Crippen LogP contribution >= 0.6 is 0 Å². The Morgan fingerprint density at radius 2 is 2.06 bits per heavy atom. The van der Waals surface area contributed by atoms with Gasteiger partial charge in [0.05, 0.1) is 0 Å². The van der Waals surface area contributed by atoms with Crippen LogP contribution < -0.4 is 5.73 Å². The molecule has 2 N–H and O–H groups in total. The highest BCUT2D eigenvalue weighted by molar-refractivity contribution is 4.93. The average molecular weight is 240 g/mol. The van der Waals surface area contributed by atoms with Gasteiger partial charge in [0.1, 0.15) is 0 Å². The first-order valence-corrected chi connectivity index (χ1v) is 7.67. The van der Waals surface area contributed by atoms with Crippen LogP contribution in [0.15, 0.2) is 0 Å². The summed E-state index contributed by atoms with van der Waals surface area (Å²) in [5.74, 6) is 0.905. The number of unbranched alkanes of at least 4 members (excludes halogenated alkanes) is 1. The average Bonchev–Trinajstić information content (AvgIpc) is 2.41. The van der Waals surface area contributed by atoms with E-state index < -0.39 is 0 Å². The molecule has 0 aliphatic carbocycles. The Morgan fingerprint density at radius 1 is 1.29 bits per heavy atom. The molecule has 0 spiro atoms. The van der Waals surface area contributed by atoms with Crippen LogP contribution in [0.2, 0.25) is 0 Å². The number of hydrogen-bond donors (Lipinski definition) is 1. The van der Waals surface area contributed by atoms with E-state index in [9.17, 15) is 0 Å². The van der Waals surface area contributed by atoms with Crippen LogP contribution in [0.1, 0.15) is 65.7 Å². The van der Waals surface area contributed by atoms with Gasteiger partial charge < -0.3 is 5.73 Å². The molecule has 2 nitrogen and oxygen atoms in total. The minimum Gasteiger partial charge on any atom is -0.329 e. The molecule has 0 saturated carbocycles. The fourth-order valence-electron chi connectivity index (χ4n) is 3.27. The first kappa shape index (κ1) is 15.0. The fourth-order valence-corrected chi connectivity index (χ4v) is 3.27. The summed E-state index contributed by atoms with van der Waals surface area (Å²) in [7, 11) is 0. The van der Waals surface area contributed by atoms with Gasteiger partial charge in [0, 0.05) is 18.6 Å². The number of likely N-dealkylation sites (tertiary alicyclic amines) is 1. The Labute approximate surface area is 108 Å². The third-order valence-electron chi connectivity index (χ3n) is 4.80. The first-order chi connectivity index (χ1) is 8.22. The van der Waals surface area contributed by atoms with Crippen molar-refractivity contribution in [2.24, 2.45) is 11.7 Å². The lowest BCUT2D eigenvalue weighted by molar-refractivity contribution is 0.0352. The molecule has 1 saturated heterocycles. The first-order valence-electron chi connectivity index (χ1n) is 7.67. The topological polar surface area (TPSA) is 29.3 Å². The van der Waals surface area contributed by atoms with Gasteiger partial charge in [-0.1, -0.05) is 40.0 Å². The van der Waals surface area contributed by atoms with E-state index in [1.165, 1.54) is 58.0 Å². The van der Waals surface area contributed by atoms with Gasteiger partial charge in [0.2, 0.25) is 0 Å². The second-order valence-corrected chi connectivity index (χ2v) is 5.75. The highest BCUT2D eigenvalue weighted by Crippen LogP contribution is 2.31. The molecule has 0 aromatic heterocycles.